The maximum atomic E-state index is 11.8. The summed E-state index contributed by atoms with van der Waals surface area (Å²) in [6.45, 7) is 3.36. The highest BCUT2D eigenvalue weighted by Crippen LogP contribution is 2.11. The molecule has 1 amide bonds. The van der Waals surface area contributed by atoms with Crippen molar-refractivity contribution in [2.75, 3.05) is 6.61 Å². The summed E-state index contributed by atoms with van der Waals surface area (Å²) in [7, 11) is 0. The number of furan rings is 1. The molecule has 0 aliphatic heterocycles. The molecule has 0 spiro atoms. The van der Waals surface area contributed by atoms with Gasteiger partial charge in [-0.1, -0.05) is 30.3 Å². The molecule has 120 valence electrons. The quantitative estimate of drug-likeness (QED) is 0.657. The molecule has 0 radical (unpaired) electrons. The molecule has 1 atom stereocenters. The average molecular weight is 313 g/mol. The van der Waals surface area contributed by atoms with Crippen molar-refractivity contribution in [3.8, 4) is 0 Å². The number of rotatable bonds is 6. The van der Waals surface area contributed by atoms with Gasteiger partial charge in [0.25, 0.3) is 5.91 Å². The number of aryl methyl sites for hydroxylation is 1. The average Bonchev–Trinajstić information content (AvgIpc) is 2.97. The minimum Gasteiger partial charge on any atom is -0.462 e. The van der Waals surface area contributed by atoms with Crippen LogP contribution in [0.1, 0.15) is 30.0 Å². The lowest BCUT2D eigenvalue weighted by atomic mass is 10.1. The topological polar surface area (TPSA) is 68.5 Å². The number of ether oxygens (including phenoxy) is 1. The Morgan fingerprint density at radius 2 is 1.96 bits per heavy atom. The van der Waals surface area contributed by atoms with E-state index in [1.54, 1.807) is 12.1 Å². The number of nitrogens with one attached hydrogen (secondary N) is 1. The van der Waals surface area contributed by atoms with Gasteiger partial charge in [0.2, 0.25) is 0 Å². The number of hydrogen-bond acceptors (Lipinski definition) is 4. The van der Waals surface area contributed by atoms with Crippen molar-refractivity contribution in [2.24, 2.45) is 0 Å². The molecule has 5 heteroatoms. The Kier molecular flexibility index (Phi) is 5.74. The van der Waals surface area contributed by atoms with Gasteiger partial charge in [0.05, 0.1) is 6.04 Å². The number of hydrogen-bond donors (Lipinski definition) is 1. The standard InChI is InChI=1S/C18H19NO4/c1-13-8-9-16(23-13)10-11-18(21)22-12-17(20)19-14(2)15-6-4-3-5-7-15/h3-11,14H,12H2,1-2H3,(H,19,20). The molecule has 2 rings (SSSR count). The summed E-state index contributed by atoms with van der Waals surface area (Å²) in [6, 6.07) is 12.9. The van der Waals surface area contributed by atoms with Crippen LogP contribution >= 0.6 is 0 Å². The van der Waals surface area contributed by atoms with Crippen molar-refractivity contribution in [1.29, 1.82) is 0 Å². The number of carbonyl (C=O) groups is 2. The summed E-state index contributed by atoms with van der Waals surface area (Å²) in [4.78, 5) is 23.3. The fourth-order valence-electron chi connectivity index (χ4n) is 1.99. The molecule has 5 nitrogen and oxygen atoms in total. The third-order valence-corrected chi connectivity index (χ3v) is 3.17. The van der Waals surface area contributed by atoms with E-state index in [2.05, 4.69) is 5.32 Å². The van der Waals surface area contributed by atoms with Gasteiger partial charge in [-0.25, -0.2) is 4.79 Å². The normalized spacial score (nSPS) is 12.1. The van der Waals surface area contributed by atoms with Crippen molar-refractivity contribution in [2.45, 2.75) is 19.9 Å². The smallest absolute Gasteiger partial charge is 0.331 e. The van der Waals surface area contributed by atoms with Crippen molar-refractivity contribution in [1.82, 2.24) is 5.32 Å². The Morgan fingerprint density at radius 1 is 1.22 bits per heavy atom. The van der Waals surface area contributed by atoms with Gasteiger partial charge in [-0.3, -0.25) is 4.79 Å². The largest absolute Gasteiger partial charge is 0.462 e. The second-order valence-corrected chi connectivity index (χ2v) is 5.09. The molecule has 0 aliphatic carbocycles. The van der Waals surface area contributed by atoms with E-state index in [0.29, 0.717) is 5.76 Å². The third kappa shape index (κ3) is 5.47. The molecular weight excluding hydrogens is 294 g/mol. The van der Waals surface area contributed by atoms with Gasteiger partial charge in [-0.2, -0.15) is 0 Å². The molecule has 2 aromatic rings. The Labute approximate surface area is 134 Å². The van der Waals surface area contributed by atoms with Crippen molar-refractivity contribution < 1.29 is 18.7 Å². The number of esters is 1. The van der Waals surface area contributed by atoms with Gasteiger partial charge in [0, 0.05) is 6.08 Å². The van der Waals surface area contributed by atoms with E-state index in [9.17, 15) is 9.59 Å². The maximum absolute atomic E-state index is 11.8. The van der Waals surface area contributed by atoms with Crippen LogP contribution in [0.2, 0.25) is 0 Å². The Bertz CT molecular complexity index is 688. The first-order chi connectivity index (χ1) is 11.0. The molecule has 1 N–H and O–H groups in total. The lowest BCUT2D eigenvalue weighted by Crippen LogP contribution is -2.30. The van der Waals surface area contributed by atoms with E-state index in [-0.39, 0.29) is 18.6 Å². The van der Waals surface area contributed by atoms with E-state index in [1.807, 2.05) is 44.2 Å². The number of benzene rings is 1. The van der Waals surface area contributed by atoms with Gasteiger partial charge in [0.15, 0.2) is 6.61 Å². The molecule has 0 bridgehead atoms. The minimum atomic E-state index is -0.596. The zero-order valence-electron chi connectivity index (χ0n) is 13.1. The molecule has 0 saturated heterocycles. The van der Waals surface area contributed by atoms with Crippen LogP contribution in [-0.2, 0) is 14.3 Å². The predicted octanol–water partition coefficient (Wildman–Crippen LogP) is 3.02. The fraction of sp³-hybridized carbons (Fsp3) is 0.222. The first-order valence-electron chi connectivity index (χ1n) is 7.30. The van der Waals surface area contributed by atoms with E-state index < -0.39 is 5.97 Å². The van der Waals surface area contributed by atoms with Crippen LogP contribution in [0.4, 0.5) is 0 Å². The lowest BCUT2D eigenvalue weighted by molar-refractivity contribution is -0.144. The number of amides is 1. The molecule has 1 unspecified atom stereocenters. The first kappa shape index (κ1) is 16.5. The van der Waals surface area contributed by atoms with E-state index in [4.69, 9.17) is 9.15 Å². The molecule has 23 heavy (non-hydrogen) atoms. The highest BCUT2D eigenvalue weighted by atomic mass is 16.5. The van der Waals surface area contributed by atoms with Crippen LogP contribution < -0.4 is 5.32 Å². The van der Waals surface area contributed by atoms with Gasteiger partial charge in [0.1, 0.15) is 11.5 Å². The molecule has 0 fully saturated rings. The Hall–Kier alpha value is -2.82. The van der Waals surface area contributed by atoms with E-state index >= 15 is 0 Å². The predicted molar refractivity (Wildman–Crippen MR) is 86.4 cm³/mol. The van der Waals surface area contributed by atoms with Gasteiger partial charge < -0.3 is 14.5 Å². The molecule has 1 aromatic carbocycles. The van der Waals surface area contributed by atoms with Crippen LogP contribution in [0, 0.1) is 6.92 Å². The van der Waals surface area contributed by atoms with E-state index in [0.717, 1.165) is 11.3 Å². The molecule has 0 aliphatic rings. The van der Waals surface area contributed by atoms with Crippen LogP contribution in [0.25, 0.3) is 6.08 Å². The van der Waals surface area contributed by atoms with Crippen molar-refractivity contribution in [3.63, 3.8) is 0 Å². The monoisotopic (exact) mass is 313 g/mol. The summed E-state index contributed by atoms with van der Waals surface area (Å²) in [6.07, 6.45) is 2.73. The third-order valence-electron chi connectivity index (χ3n) is 3.17. The lowest BCUT2D eigenvalue weighted by Gasteiger charge is -2.13. The zero-order valence-corrected chi connectivity index (χ0v) is 13.1. The second-order valence-electron chi connectivity index (χ2n) is 5.09. The summed E-state index contributed by atoms with van der Waals surface area (Å²) in [5.41, 5.74) is 0.986. The van der Waals surface area contributed by atoms with Crippen LogP contribution in [0.15, 0.2) is 53.0 Å². The zero-order chi connectivity index (χ0) is 16.7. The summed E-state index contributed by atoms with van der Waals surface area (Å²) in [5, 5.41) is 2.77. The highest BCUT2D eigenvalue weighted by molar-refractivity contribution is 5.89. The van der Waals surface area contributed by atoms with Crippen LogP contribution in [-0.4, -0.2) is 18.5 Å². The van der Waals surface area contributed by atoms with Crippen molar-refractivity contribution >= 4 is 18.0 Å². The van der Waals surface area contributed by atoms with Crippen LogP contribution in [0.3, 0.4) is 0 Å². The van der Waals surface area contributed by atoms with Gasteiger partial charge in [-0.15, -0.1) is 0 Å². The summed E-state index contributed by atoms with van der Waals surface area (Å²) < 4.78 is 10.2. The summed E-state index contributed by atoms with van der Waals surface area (Å²) >= 11 is 0. The minimum absolute atomic E-state index is 0.149. The molecule has 0 saturated carbocycles. The second kappa shape index (κ2) is 7.98. The van der Waals surface area contributed by atoms with Gasteiger partial charge >= 0.3 is 5.97 Å². The Morgan fingerprint density at radius 3 is 2.61 bits per heavy atom. The summed E-state index contributed by atoms with van der Waals surface area (Å²) in [5.74, 6) is 0.368. The van der Waals surface area contributed by atoms with Crippen molar-refractivity contribution in [3.05, 3.63) is 65.6 Å². The SMILES string of the molecule is Cc1ccc(C=CC(=O)OCC(=O)NC(C)c2ccccc2)o1. The van der Waals surface area contributed by atoms with Crippen LogP contribution in [0.5, 0.6) is 0 Å². The molecule has 1 heterocycles. The number of carbonyl (C=O) groups excluding carboxylic acids is 2. The molecular formula is C18H19NO4. The van der Waals surface area contributed by atoms with E-state index in [1.165, 1.54) is 12.2 Å². The van der Waals surface area contributed by atoms with Gasteiger partial charge in [-0.05, 0) is 37.6 Å². The highest BCUT2D eigenvalue weighted by Gasteiger charge is 2.10. The fourth-order valence-corrected chi connectivity index (χ4v) is 1.99. The molecule has 1 aromatic heterocycles. The first-order valence-corrected chi connectivity index (χ1v) is 7.30. The maximum Gasteiger partial charge on any atom is 0.331 e. The Balaban J connectivity index is 1.75.